The number of methoxy groups -OCH3 is 1. The Hall–Kier alpha value is -2.23. The second kappa shape index (κ2) is 5.61. The maximum atomic E-state index is 11.8. The largest absolute Gasteiger partial charge is 0.496 e. The smallest absolute Gasteiger partial charge is 0.341 e. The Kier molecular flexibility index (Phi) is 3.90. The summed E-state index contributed by atoms with van der Waals surface area (Å²) in [4.78, 5) is 11.8. The van der Waals surface area contributed by atoms with E-state index in [1.807, 2.05) is 24.3 Å². The summed E-state index contributed by atoms with van der Waals surface area (Å²) in [5.74, 6) is 1.47. The summed E-state index contributed by atoms with van der Waals surface area (Å²) in [5, 5.41) is 0. The number of esters is 1. The molecule has 0 saturated carbocycles. The molecule has 4 heteroatoms. The average molecular weight is 260 g/mol. The van der Waals surface area contributed by atoms with E-state index in [1.54, 1.807) is 27.0 Å². The molecule has 19 heavy (non-hydrogen) atoms. The van der Waals surface area contributed by atoms with Crippen LogP contribution in [0.2, 0.25) is 0 Å². The molecular weight excluding hydrogens is 244 g/mol. The molecule has 0 aliphatic heterocycles. The SMILES string of the molecule is CCOC(=O)c1cc(-c2ccccc2OC)oc1C. The van der Waals surface area contributed by atoms with Gasteiger partial charge in [-0.25, -0.2) is 4.79 Å². The number of carbonyl (C=O) groups is 1. The molecular formula is C15H16O4. The zero-order chi connectivity index (χ0) is 13.8. The van der Waals surface area contributed by atoms with Gasteiger partial charge in [0, 0.05) is 0 Å². The first-order valence-electron chi connectivity index (χ1n) is 6.08. The van der Waals surface area contributed by atoms with E-state index < -0.39 is 0 Å². The summed E-state index contributed by atoms with van der Waals surface area (Å²) in [6, 6.07) is 9.18. The van der Waals surface area contributed by atoms with Crippen LogP contribution in [0.4, 0.5) is 0 Å². The van der Waals surface area contributed by atoms with E-state index in [4.69, 9.17) is 13.9 Å². The summed E-state index contributed by atoms with van der Waals surface area (Å²) in [5.41, 5.74) is 1.26. The number of para-hydroxylation sites is 1. The van der Waals surface area contributed by atoms with E-state index in [0.717, 1.165) is 5.56 Å². The number of hydrogen-bond donors (Lipinski definition) is 0. The lowest BCUT2D eigenvalue weighted by Crippen LogP contribution is -2.04. The maximum Gasteiger partial charge on any atom is 0.341 e. The molecule has 0 atom stereocenters. The third kappa shape index (κ3) is 2.62. The van der Waals surface area contributed by atoms with Crippen LogP contribution in [0.3, 0.4) is 0 Å². The molecule has 0 aliphatic carbocycles. The summed E-state index contributed by atoms with van der Waals surface area (Å²) in [6.45, 7) is 3.85. The van der Waals surface area contributed by atoms with Crippen LogP contribution in [0.1, 0.15) is 23.0 Å². The van der Waals surface area contributed by atoms with Gasteiger partial charge in [0.15, 0.2) is 0 Å². The van der Waals surface area contributed by atoms with Gasteiger partial charge in [0.05, 0.1) is 19.3 Å². The molecule has 100 valence electrons. The van der Waals surface area contributed by atoms with Crippen molar-refractivity contribution < 1.29 is 18.7 Å². The molecule has 0 aliphatic rings. The van der Waals surface area contributed by atoms with Gasteiger partial charge in [-0.1, -0.05) is 12.1 Å². The van der Waals surface area contributed by atoms with Crippen molar-refractivity contribution in [3.63, 3.8) is 0 Å². The highest BCUT2D eigenvalue weighted by molar-refractivity contribution is 5.92. The highest BCUT2D eigenvalue weighted by Gasteiger charge is 2.18. The van der Waals surface area contributed by atoms with Crippen LogP contribution < -0.4 is 4.74 Å². The summed E-state index contributed by atoms with van der Waals surface area (Å²) in [7, 11) is 1.60. The molecule has 0 bridgehead atoms. The van der Waals surface area contributed by atoms with Crippen molar-refractivity contribution in [2.24, 2.45) is 0 Å². The van der Waals surface area contributed by atoms with Gasteiger partial charge < -0.3 is 13.9 Å². The van der Waals surface area contributed by atoms with Crippen molar-refractivity contribution in [3.8, 4) is 17.1 Å². The first-order valence-corrected chi connectivity index (χ1v) is 6.08. The predicted molar refractivity (Wildman–Crippen MR) is 71.4 cm³/mol. The fourth-order valence-corrected chi connectivity index (χ4v) is 1.87. The maximum absolute atomic E-state index is 11.8. The monoisotopic (exact) mass is 260 g/mol. The summed E-state index contributed by atoms with van der Waals surface area (Å²) in [6.07, 6.45) is 0. The lowest BCUT2D eigenvalue weighted by molar-refractivity contribution is 0.0524. The van der Waals surface area contributed by atoms with E-state index >= 15 is 0 Å². The Morgan fingerprint density at radius 1 is 1.32 bits per heavy atom. The molecule has 0 fully saturated rings. The molecule has 1 aromatic heterocycles. The lowest BCUT2D eigenvalue weighted by atomic mass is 10.1. The van der Waals surface area contributed by atoms with E-state index in [1.165, 1.54) is 0 Å². The predicted octanol–water partition coefficient (Wildman–Crippen LogP) is 3.44. The Balaban J connectivity index is 2.42. The van der Waals surface area contributed by atoms with Gasteiger partial charge in [0.1, 0.15) is 22.8 Å². The second-order valence-electron chi connectivity index (χ2n) is 4.00. The fraction of sp³-hybridized carbons (Fsp3) is 0.267. The first kappa shape index (κ1) is 13.2. The number of ether oxygens (including phenoxy) is 2. The average Bonchev–Trinajstić information content (AvgIpc) is 2.81. The van der Waals surface area contributed by atoms with Gasteiger partial charge in [-0.15, -0.1) is 0 Å². The third-order valence-corrected chi connectivity index (χ3v) is 2.79. The highest BCUT2D eigenvalue weighted by atomic mass is 16.5. The minimum atomic E-state index is -0.370. The summed E-state index contributed by atoms with van der Waals surface area (Å²) >= 11 is 0. The van der Waals surface area contributed by atoms with Crippen molar-refractivity contribution >= 4 is 5.97 Å². The molecule has 1 heterocycles. The molecule has 2 rings (SSSR count). The molecule has 4 nitrogen and oxygen atoms in total. The van der Waals surface area contributed by atoms with Crippen LogP contribution in [0.25, 0.3) is 11.3 Å². The minimum absolute atomic E-state index is 0.341. The molecule has 0 radical (unpaired) electrons. The van der Waals surface area contributed by atoms with Crippen LogP contribution in [-0.2, 0) is 4.74 Å². The number of carbonyl (C=O) groups excluding carboxylic acids is 1. The molecule has 0 unspecified atom stereocenters. The van der Waals surface area contributed by atoms with Gasteiger partial charge in [-0.3, -0.25) is 0 Å². The quantitative estimate of drug-likeness (QED) is 0.790. The Morgan fingerprint density at radius 2 is 2.05 bits per heavy atom. The zero-order valence-electron chi connectivity index (χ0n) is 11.2. The summed E-state index contributed by atoms with van der Waals surface area (Å²) < 4.78 is 15.9. The van der Waals surface area contributed by atoms with Crippen molar-refractivity contribution in [2.45, 2.75) is 13.8 Å². The molecule has 0 N–H and O–H groups in total. The normalized spacial score (nSPS) is 10.3. The van der Waals surface area contributed by atoms with Crippen LogP contribution in [-0.4, -0.2) is 19.7 Å². The van der Waals surface area contributed by atoms with E-state index in [0.29, 0.717) is 29.4 Å². The van der Waals surface area contributed by atoms with E-state index in [9.17, 15) is 4.79 Å². The third-order valence-electron chi connectivity index (χ3n) is 2.79. The standard InChI is InChI=1S/C15H16O4/c1-4-18-15(16)12-9-14(19-10(12)2)11-7-5-6-8-13(11)17-3/h5-9H,4H2,1-3H3. The van der Waals surface area contributed by atoms with Gasteiger partial charge in [-0.2, -0.15) is 0 Å². The van der Waals surface area contributed by atoms with Crippen molar-refractivity contribution in [2.75, 3.05) is 13.7 Å². The van der Waals surface area contributed by atoms with Crippen LogP contribution in [0, 0.1) is 6.92 Å². The van der Waals surface area contributed by atoms with Crippen molar-refractivity contribution in [1.82, 2.24) is 0 Å². The van der Waals surface area contributed by atoms with Crippen molar-refractivity contribution in [3.05, 3.63) is 41.7 Å². The highest BCUT2D eigenvalue weighted by Crippen LogP contribution is 2.32. The topological polar surface area (TPSA) is 48.7 Å². The molecule has 0 saturated heterocycles. The molecule has 0 amide bonds. The Labute approximate surface area is 111 Å². The minimum Gasteiger partial charge on any atom is -0.496 e. The number of hydrogen-bond acceptors (Lipinski definition) is 4. The fourth-order valence-electron chi connectivity index (χ4n) is 1.87. The van der Waals surface area contributed by atoms with Crippen LogP contribution >= 0.6 is 0 Å². The van der Waals surface area contributed by atoms with Crippen LogP contribution in [0.5, 0.6) is 5.75 Å². The zero-order valence-corrected chi connectivity index (χ0v) is 11.2. The lowest BCUT2D eigenvalue weighted by Gasteiger charge is -2.04. The number of rotatable bonds is 4. The van der Waals surface area contributed by atoms with Gasteiger partial charge >= 0.3 is 5.97 Å². The van der Waals surface area contributed by atoms with Gasteiger partial charge in [0.2, 0.25) is 0 Å². The Morgan fingerprint density at radius 3 is 2.74 bits per heavy atom. The second-order valence-corrected chi connectivity index (χ2v) is 4.00. The molecule has 0 spiro atoms. The van der Waals surface area contributed by atoms with Gasteiger partial charge in [-0.05, 0) is 32.0 Å². The van der Waals surface area contributed by atoms with Crippen molar-refractivity contribution in [1.29, 1.82) is 0 Å². The molecule has 1 aromatic carbocycles. The number of furan rings is 1. The first-order chi connectivity index (χ1) is 9.17. The molecule has 2 aromatic rings. The number of benzene rings is 1. The van der Waals surface area contributed by atoms with E-state index in [2.05, 4.69) is 0 Å². The van der Waals surface area contributed by atoms with E-state index in [-0.39, 0.29) is 5.97 Å². The number of aryl methyl sites for hydroxylation is 1. The Bertz CT molecular complexity index is 584. The van der Waals surface area contributed by atoms with Gasteiger partial charge in [0.25, 0.3) is 0 Å². The van der Waals surface area contributed by atoms with Crippen LogP contribution in [0.15, 0.2) is 34.7 Å².